The summed E-state index contributed by atoms with van der Waals surface area (Å²) in [6.07, 6.45) is 5.49. The van der Waals surface area contributed by atoms with Gasteiger partial charge in [-0.3, -0.25) is 0 Å². The number of carbonyl (C=O) groups excluding carboxylic acids is 1. The Labute approximate surface area is 110 Å². The summed E-state index contributed by atoms with van der Waals surface area (Å²) in [5.74, 6) is 0.639. The van der Waals surface area contributed by atoms with Gasteiger partial charge in [0.05, 0.1) is 5.54 Å². The number of piperidine rings is 1. The van der Waals surface area contributed by atoms with Crippen LogP contribution in [-0.2, 0) is 4.74 Å². The summed E-state index contributed by atoms with van der Waals surface area (Å²) in [6.45, 7) is 7.12. The molecule has 104 valence electrons. The monoisotopic (exact) mass is 254 g/mol. The van der Waals surface area contributed by atoms with Gasteiger partial charge in [-0.2, -0.15) is 0 Å². The number of nitrogens with two attached hydrogens (primary N) is 1. The molecule has 1 unspecified atom stereocenters. The standard InChI is InChI=1S/C14H26N2O2/c1-13(2,3)18-12(17)16-9-11-5-4-7-14(16,10-15)8-6-11/h11H,4-10,15H2,1-3H3/t11?,14-/m0/s1. The Morgan fingerprint density at radius 2 is 2.11 bits per heavy atom. The molecule has 3 rings (SSSR count). The van der Waals surface area contributed by atoms with Gasteiger partial charge in [0.15, 0.2) is 0 Å². The molecule has 2 saturated heterocycles. The van der Waals surface area contributed by atoms with E-state index >= 15 is 0 Å². The molecule has 18 heavy (non-hydrogen) atoms. The van der Waals surface area contributed by atoms with Crippen molar-refractivity contribution < 1.29 is 9.53 Å². The van der Waals surface area contributed by atoms with Gasteiger partial charge in [-0.15, -0.1) is 0 Å². The van der Waals surface area contributed by atoms with Crippen molar-refractivity contribution in [1.82, 2.24) is 4.90 Å². The third kappa shape index (κ3) is 2.63. The highest BCUT2D eigenvalue weighted by molar-refractivity contribution is 5.69. The molecule has 0 aromatic heterocycles. The molecule has 2 atom stereocenters. The zero-order valence-electron chi connectivity index (χ0n) is 11.9. The van der Waals surface area contributed by atoms with Crippen molar-refractivity contribution in [3.05, 3.63) is 0 Å². The van der Waals surface area contributed by atoms with Crippen molar-refractivity contribution in [2.45, 2.75) is 64.0 Å². The molecule has 3 aliphatic rings. The van der Waals surface area contributed by atoms with Gasteiger partial charge in [-0.05, 0) is 52.4 Å². The minimum Gasteiger partial charge on any atom is -0.444 e. The van der Waals surface area contributed by atoms with E-state index in [-0.39, 0.29) is 11.6 Å². The topological polar surface area (TPSA) is 55.6 Å². The lowest BCUT2D eigenvalue weighted by Gasteiger charge is -2.46. The van der Waals surface area contributed by atoms with E-state index in [0.717, 1.165) is 19.4 Å². The predicted octanol–water partition coefficient (Wildman–Crippen LogP) is 2.51. The SMILES string of the molecule is CC(C)(C)OC(=O)N1CC2CCC[C@@]1(CN)CC2. The third-order valence-corrected chi connectivity index (χ3v) is 4.28. The summed E-state index contributed by atoms with van der Waals surface area (Å²) >= 11 is 0. The van der Waals surface area contributed by atoms with Crippen LogP contribution in [0.4, 0.5) is 4.79 Å². The highest BCUT2D eigenvalue weighted by Crippen LogP contribution is 2.41. The van der Waals surface area contributed by atoms with Gasteiger partial charge in [0, 0.05) is 13.1 Å². The average Bonchev–Trinajstić information content (AvgIpc) is 2.58. The minimum atomic E-state index is -0.432. The van der Waals surface area contributed by atoms with Crippen molar-refractivity contribution in [3.63, 3.8) is 0 Å². The van der Waals surface area contributed by atoms with Gasteiger partial charge in [0.2, 0.25) is 0 Å². The van der Waals surface area contributed by atoms with E-state index in [1.165, 1.54) is 19.3 Å². The second-order valence-corrected chi connectivity index (χ2v) is 6.82. The van der Waals surface area contributed by atoms with Gasteiger partial charge in [0.1, 0.15) is 5.60 Å². The Balaban J connectivity index is 2.17. The molecule has 1 amide bonds. The maximum atomic E-state index is 12.4. The number of hydrogen-bond donors (Lipinski definition) is 1. The molecule has 1 aliphatic carbocycles. The summed E-state index contributed by atoms with van der Waals surface area (Å²) in [7, 11) is 0. The largest absolute Gasteiger partial charge is 0.444 e. The molecule has 0 aromatic rings. The van der Waals surface area contributed by atoms with Crippen LogP contribution in [0.25, 0.3) is 0 Å². The van der Waals surface area contributed by atoms with Crippen LogP contribution >= 0.6 is 0 Å². The van der Waals surface area contributed by atoms with Gasteiger partial charge in [-0.25, -0.2) is 4.79 Å². The minimum absolute atomic E-state index is 0.144. The van der Waals surface area contributed by atoms with Crippen LogP contribution in [0.15, 0.2) is 0 Å². The smallest absolute Gasteiger partial charge is 0.410 e. The van der Waals surface area contributed by atoms with Crippen LogP contribution in [0.3, 0.4) is 0 Å². The van der Waals surface area contributed by atoms with E-state index in [1.807, 2.05) is 25.7 Å². The Hall–Kier alpha value is -0.770. The molecular formula is C14H26N2O2. The third-order valence-electron chi connectivity index (χ3n) is 4.28. The van der Waals surface area contributed by atoms with Crippen LogP contribution in [0, 0.1) is 5.92 Å². The van der Waals surface area contributed by atoms with Crippen LogP contribution < -0.4 is 5.73 Å². The number of amides is 1. The van der Waals surface area contributed by atoms with Gasteiger partial charge in [0.25, 0.3) is 0 Å². The van der Waals surface area contributed by atoms with Crippen molar-refractivity contribution in [3.8, 4) is 0 Å². The normalized spacial score (nSPS) is 32.2. The second kappa shape index (κ2) is 4.72. The molecule has 1 saturated carbocycles. The van der Waals surface area contributed by atoms with Crippen LogP contribution in [-0.4, -0.2) is 35.2 Å². The first kappa shape index (κ1) is 13.7. The molecule has 0 radical (unpaired) electrons. The molecular weight excluding hydrogens is 228 g/mol. The quantitative estimate of drug-likeness (QED) is 0.782. The van der Waals surface area contributed by atoms with E-state index in [2.05, 4.69) is 0 Å². The van der Waals surface area contributed by atoms with Crippen molar-refractivity contribution >= 4 is 6.09 Å². The summed E-state index contributed by atoms with van der Waals surface area (Å²) in [4.78, 5) is 14.3. The zero-order valence-corrected chi connectivity index (χ0v) is 11.9. The van der Waals surface area contributed by atoms with E-state index in [4.69, 9.17) is 10.5 Å². The Kier molecular flexibility index (Phi) is 3.58. The van der Waals surface area contributed by atoms with Crippen molar-refractivity contribution in [2.24, 2.45) is 11.7 Å². The van der Waals surface area contributed by atoms with E-state index < -0.39 is 5.60 Å². The lowest BCUT2D eigenvalue weighted by molar-refractivity contribution is -0.0187. The van der Waals surface area contributed by atoms with Gasteiger partial charge >= 0.3 is 6.09 Å². The molecule has 2 bridgehead atoms. The molecule has 2 heterocycles. The maximum Gasteiger partial charge on any atom is 0.410 e. The van der Waals surface area contributed by atoms with Crippen LogP contribution in [0.5, 0.6) is 0 Å². The molecule has 3 fully saturated rings. The highest BCUT2D eigenvalue weighted by Gasteiger charge is 2.46. The Morgan fingerprint density at radius 3 is 2.72 bits per heavy atom. The molecule has 0 aromatic carbocycles. The predicted molar refractivity (Wildman–Crippen MR) is 71.3 cm³/mol. The second-order valence-electron chi connectivity index (χ2n) is 6.82. The number of hydrogen-bond acceptors (Lipinski definition) is 3. The Morgan fingerprint density at radius 1 is 1.39 bits per heavy atom. The maximum absolute atomic E-state index is 12.4. The van der Waals surface area contributed by atoms with Gasteiger partial charge in [-0.1, -0.05) is 6.42 Å². The number of nitrogens with zero attached hydrogens (tertiary/aromatic N) is 1. The fourth-order valence-corrected chi connectivity index (χ4v) is 3.27. The molecule has 4 heteroatoms. The Bertz CT molecular complexity index is 320. The van der Waals surface area contributed by atoms with Crippen molar-refractivity contribution in [1.29, 1.82) is 0 Å². The van der Waals surface area contributed by atoms with E-state index in [1.54, 1.807) is 0 Å². The van der Waals surface area contributed by atoms with Crippen LogP contribution in [0.2, 0.25) is 0 Å². The summed E-state index contributed by atoms with van der Waals surface area (Å²) in [6, 6.07) is 0. The zero-order chi connectivity index (χ0) is 13.4. The average molecular weight is 254 g/mol. The fourth-order valence-electron chi connectivity index (χ4n) is 3.27. The number of fused-ring (bicyclic) bond motifs is 4. The van der Waals surface area contributed by atoms with E-state index in [9.17, 15) is 4.79 Å². The number of carbonyl (C=O) groups is 1. The highest BCUT2D eigenvalue weighted by atomic mass is 16.6. The molecule has 0 spiro atoms. The molecule has 4 nitrogen and oxygen atoms in total. The first-order valence-corrected chi connectivity index (χ1v) is 7.07. The summed E-state index contributed by atoms with van der Waals surface area (Å²) in [5, 5.41) is 0. The van der Waals surface area contributed by atoms with Crippen molar-refractivity contribution in [2.75, 3.05) is 13.1 Å². The fraction of sp³-hybridized carbons (Fsp3) is 0.929. The summed E-state index contributed by atoms with van der Waals surface area (Å²) < 4.78 is 5.54. The summed E-state index contributed by atoms with van der Waals surface area (Å²) in [5.41, 5.74) is 5.41. The number of ether oxygens (including phenoxy) is 1. The molecule has 2 aliphatic heterocycles. The lowest BCUT2D eigenvalue weighted by atomic mass is 9.84. The lowest BCUT2D eigenvalue weighted by Crippen LogP contribution is -2.59. The molecule has 2 N–H and O–H groups in total. The first-order valence-electron chi connectivity index (χ1n) is 7.07. The first-order chi connectivity index (χ1) is 8.36. The van der Waals surface area contributed by atoms with Crippen LogP contribution in [0.1, 0.15) is 52.9 Å². The van der Waals surface area contributed by atoms with E-state index in [0.29, 0.717) is 12.5 Å². The number of rotatable bonds is 1. The van der Waals surface area contributed by atoms with Gasteiger partial charge < -0.3 is 15.4 Å².